The van der Waals surface area contributed by atoms with Crippen molar-refractivity contribution in [3.8, 4) is 17.1 Å². The third-order valence-corrected chi connectivity index (χ3v) is 3.18. The number of hydrogen-bond donors (Lipinski definition) is 0. The maximum Gasteiger partial charge on any atom is 0.153 e. The first-order valence-corrected chi connectivity index (χ1v) is 6.42. The van der Waals surface area contributed by atoms with Gasteiger partial charge < -0.3 is 0 Å². The van der Waals surface area contributed by atoms with Crippen LogP contribution in [0.1, 0.15) is 15.9 Å². The molecule has 4 nitrogen and oxygen atoms in total. The Morgan fingerprint density at radius 1 is 1.24 bits per heavy atom. The van der Waals surface area contributed by atoms with Gasteiger partial charge in [0.15, 0.2) is 6.29 Å². The van der Waals surface area contributed by atoms with Crippen molar-refractivity contribution in [2.75, 3.05) is 0 Å². The first-order chi connectivity index (χ1) is 10.2. The topological polar surface area (TPSA) is 47.8 Å². The van der Waals surface area contributed by atoms with Crippen LogP contribution in [0.5, 0.6) is 0 Å². The number of aromatic nitrogens is 3. The monoisotopic (exact) mass is 281 g/mol. The Morgan fingerprint density at radius 2 is 2.10 bits per heavy atom. The van der Waals surface area contributed by atoms with E-state index in [9.17, 15) is 9.18 Å². The minimum absolute atomic E-state index is 0.302. The largest absolute Gasteiger partial charge is 0.298 e. The molecule has 0 radical (unpaired) electrons. The summed E-state index contributed by atoms with van der Waals surface area (Å²) in [6, 6.07) is 9.85. The second-order valence-electron chi connectivity index (χ2n) is 4.64. The van der Waals surface area contributed by atoms with Crippen molar-refractivity contribution < 1.29 is 9.18 Å². The van der Waals surface area contributed by atoms with Crippen molar-refractivity contribution in [2.45, 2.75) is 6.92 Å². The molecule has 1 aromatic carbocycles. The van der Waals surface area contributed by atoms with Crippen LogP contribution in [-0.4, -0.2) is 21.1 Å². The highest BCUT2D eigenvalue weighted by atomic mass is 19.1. The van der Waals surface area contributed by atoms with Crippen LogP contribution in [0.3, 0.4) is 0 Å². The maximum atomic E-state index is 13.2. The van der Waals surface area contributed by atoms with Gasteiger partial charge in [-0.2, -0.15) is 5.10 Å². The van der Waals surface area contributed by atoms with Crippen molar-refractivity contribution >= 4 is 6.29 Å². The SMILES string of the molecule is Cc1cc(F)ccc1-n1cc(C=O)c(-c2ccccn2)n1. The number of pyridine rings is 1. The van der Waals surface area contributed by atoms with Crippen molar-refractivity contribution in [1.29, 1.82) is 0 Å². The van der Waals surface area contributed by atoms with Gasteiger partial charge in [-0.15, -0.1) is 0 Å². The molecule has 2 aromatic heterocycles. The Balaban J connectivity index is 2.14. The zero-order chi connectivity index (χ0) is 14.8. The van der Waals surface area contributed by atoms with Gasteiger partial charge in [0, 0.05) is 12.4 Å². The number of rotatable bonds is 3. The van der Waals surface area contributed by atoms with E-state index in [0.717, 1.165) is 17.5 Å². The van der Waals surface area contributed by atoms with Crippen LogP contribution in [0.25, 0.3) is 17.1 Å². The van der Waals surface area contributed by atoms with Crippen LogP contribution in [0.2, 0.25) is 0 Å². The predicted octanol–water partition coefficient (Wildman–Crippen LogP) is 3.19. The molecule has 0 amide bonds. The molecule has 0 aliphatic rings. The summed E-state index contributed by atoms with van der Waals surface area (Å²) in [5.74, 6) is -0.302. The Morgan fingerprint density at radius 3 is 2.76 bits per heavy atom. The molecule has 0 unspecified atom stereocenters. The number of carbonyl (C=O) groups is 1. The summed E-state index contributed by atoms with van der Waals surface area (Å²) in [6.07, 6.45) is 4.01. The third kappa shape index (κ3) is 2.45. The fraction of sp³-hybridized carbons (Fsp3) is 0.0625. The molecule has 0 saturated carbocycles. The zero-order valence-corrected chi connectivity index (χ0v) is 11.3. The van der Waals surface area contributed by atoms with E-state index in [1.807, 2.05) is 6.07 Å². The van der Waals surface area contributed by atoms with Gasteiger partial charge in [-0.25, -0.2) is 9.07 Å². The van der Waals surface area contributed by atoms with Gasteiger partial charge in [0.25, 0.3) is 0 Å². The lowest BCUT2D eigenvalue weighted by molar-refractivity contribution is 0.112. The minimum Gasteiger partial charge on any atom is -0.298 e. The maximum absolute atomic E-state index is 13.2. The smallest absolute Gasteiger partial charge is 0.153 e. The second kappa shape index (κ2) is 5.28. The summed E-state index contributed by atoms with van der Waals surface area (Å²) >= 11 is 0. The lowest BCUT2D eigenvalue weighted by Crippen LogP contribution is -1.98. The lowest BCUT2D eigenvalue weighted by atomic mass is 10.2. The molecule has 0 fully saturated rings. The fourth-order valence-electron chi connectivity index (χ4n) is 2.17. The summed E-state index contributed by atoms with van der Waals surface area (Å²) in [7, 11) is 0. The molecule has 21 heavy (non-hydrogen) atoms. The zero-order valence-electron chi connectivity index (χ0n) is 11.3. The van der Waals surface area contributed by atoms with E-state index in [-0.39, 0.29) is 5.82 Å². The molecule has 104 valence electrons. The van der Waals surface area contributed by atoms with Gasteiger partial charge in [-0.1, -0.05) is 6.07 Å². The van der Waals surface area contributed by atoms with Gasteiger partial charge in [-0.05, 0) is 42.8 Å². The van der Waals surface area contributed by atoms with E-state index < -0.39 is 0 Å². The van der Waals surface area contributed by atoms with Crippen LogP contribution >= 0.6 is 0 Å². The Labute approximate surface area is 120 Å². The van der Waals surface area contributed by atoms with Gasteiger partial charge >= 0.3 is 0 Å². The van der Waals surface area contributed by atoms with Gasteiger partial charge in [0.2, 0.25) is 0 Å². The second-order valence-corrected chi connectivity index (χ2v) is 4.64. The number of aryl methyl sites for hydroxylation is 1. The summed E-state index contributed by atoms with van der Waals surface area (Å²) in [5, 5.41) is 4.41. The highest BCUT2D eigenvalue weighted by molar-refractivity contribution is 5.84. The molecule has 0 spiro atoms. The number of halogens is 1. The molecular formula is C16H12FN3O. The van der Waals surface area contributed by atoms with E-state index in [0.29, 0.717) is 17.0 Å². The molecule has 0 N–H and O–H groups in total. The van der Waals surface area contributed by atoms with E-state index >= 15 is 0 Å². The summed E-state index contributed by atoms with van der Waals surface area (Å²) in [5.41, 5.74) is 3.04. The van der Waals surface area contributed by atoms with E-state index in [1.54, 1.807) is 42.2 Å². The number of carbonyl (C=O) groups excluding carboxylic acids is 1. The fourth-order valence-corrected chi connectivity index (χ4v) is 2.17. The normalized spacial score (nSPS) is 10.6. The van der Waals surface area contributed by atoms with E-state index in [1.165, 1.54) is 12.1 Å². The summed E-state index contributed by atoms with van der Waals surface area (Å²) < 4.78 is 14.8. The van der Waals surface area contributed by atoms with Crippen LogP contribution < -0.4 is 0 Å². The molecule has 3 aromatic rings. The standard InChI is InChI=1S/C16H12FN3O/c1-11-8-13(17)5-6-15(11)20-9-12(10-21)16(19-20)14-4-2-3-7-18-14/h2-10H,1H3. The van der Waals surface area contributed by atoms with Crippen LogP contribution in [0.15, 0.2) is 48.8 Å². The van der Waals surface area contributed by atoms with Gasteiger partial charge in [-0.3, -0.25) is 9.78 Å². The molecule has 0 saturated heterocycles. The van der Waals surface area contributed by atoms with Crippen molar-refractivity contribution in [3.63, 3.8) is 0 Å². The first kappa shape index (κ1) is 13.2. The first-order valence-electron chi connectivity index (χ1n) is 6.42. The third-order valence-electron chi connectivity index (χ3n) is 3.18. The Bertz CT molecular complexity index is 797. The quantitative estimate of drug-likeness (QED) is 0.693. The highest BCUT2D eigenvalue weighted by Crippen LogP contribution is 2.22. The van der Waals surface area contributed by atoms with Crippen molar-refractivity contribution in [3.05, 3.63) is 65.7 Å². The number of aldehydes is 1. The number of nitrogens with zero attached hydrogens (tertiary/aromatic N) is 3. The van der Waals surface area contributed by atoms with E-state index in [2.05, 4.69) is 10.1 Å². The molecule has 2 heterocycles. The van der Waals surface area contributed by atoms with Crippen LogP contribution in [0, 0.1) is 12.7 Å². The van der Waals surface area contributed by atoms with E-state index in [4.69, 9.17) is 0 Å². The average Bonchev–Trinajstić information content (AvgIpc) is 2.92. The molecule has 0 atom stereocenters. The van der Waals surface area contributed by atoms with Crippen LogP contribution in [-0.2, 0) is 0 Å². The van der Waals surface area contributed by atoms with Gasteiger partial charge in [0.1, 0.15) is 11.5 Å². The van der Waals surface area contributed by atoms with Crippen molar-refractivity contribution in [2.24, 2.45) is 0 Å². The van der Waals surface area contributed by atoms with Crippen molar-refractivity contribution in [1.82, 2.24) is 14.8 Å². The van der Waals surface area contributed by atoms with Crippen LogP contribution in [0.4, 0.5) is 4.39 Å². The molecular weight excluding hydrogens is 269 g/mol. The molecule has 0 aliphatic heterocycles. The highest BCUT2D eigenvalue weighted by Gasteiger charge is 2.13. The Kier molecular flexibility index (Phi) is 3.31. The Hall–Kier alpha value is -2.82. The predicted molar refractivity (Wildman–Crippen MR) is 76.9 cm³/mol. The summed E-state index contributed by atoms with van der Waals surface area (Å²) in [4.78, 5) is 15.4. The molecule has 0 bridgehead atoms. The minimum atomic E-state index is -0.302. The molecule has 5 heteroatoms. The molecule has 0 aliphatic carbocycles. The molecule has 3 rings (SSSR count). The number of benzene rings is 1. The lowest BCUT2D eigenvalue weighted by Gasteiger charge is -2.05. The summed E-state index contributed by atoms with van der Waals surface area (Å²) in [6.45, 7) is 1.79. The average molecular weight is 281 g/mol. The van der Waals surface area contributed by atoms with Gasteiger partial charge in [0.05, 0.1) is 16.9 Å². The number of hydrogen-bond acceptors (Lipinski definition) is 3.